The number of aromatic nitrogens is 2. The molecule has 0 aliphatic heterocycles. The van der Waals surface area contributed by atoms with E-state index < -0.39 is 27.3 Å². The van der Waals surface area contributed by atoms with Crippen LogP contribution in [0.15, 0.2) is 52.2 Å². The van der Waals surface area contributed by atoms with E-state index in [4.69, 9.17) is 5.11 Å². The molecule has 3 aromatic rings. The Labute approximate surface area is 165 Å². The molecule has 11 heteroatoms. The Bertz CT molecular complexity index is 1220. The summed E-state index contributed by atoms with van der Waals surface area (Å²) >= 11 is 0. The standard InChI is InChI=1S/C18H18N4O6S/c23-15-7-6-11(10-14(15)18(25)26)29(27,28)20-9-3-8-19-16-12-4-1-2-5-13(12)17(24)22-21-16/h1-2,4-7,10,20,23H,3,8-9H2,(H,19,21)(H,22,24)(H,25,26). The molecule has 5 N–H and O–H groups in total. The van der Waals surface area contributed by atoms with E-state index in [1.165, 1.54) is 0 Å². The molecule has 0 aliphatic rings. The molecular weight excluding hydrogens is 400 g/mol. The number of sulfonamides is 1. The van der Waals surface area contributed by atoms with Crippen LogP contribution in [0.3, 0.4) is 0 Å². The van der Waals surface area contributed by atoms with E-state index in [-0.39, 0.29) is 17.0 Å². The molecular formula is C18H18N4O6S. The summed E-state index contributed by atoms with van der Waals surface area (Å²) in [5.74, 6) is -1.46. The quantitative estimate of drug-likeness (QED) is 0.340. The third-order valence-corrected chi connectivity index (χ3v) is 5.60. The fraction of sp³-hybridized carbons (Fsp3) is 0.167. The third kappa shape index (κ3) is 4.52. The van der Waals surface area contributed by atoms with E-state index in [1.807, 2.05) is 0 Å². The minimum atomic E-state index is -3.93. The molecule has 0 saturated carbocycles. The molecule has 29 heavy (non-hydrogen) atoms. The van der Waals surface area contributed by atoms with Gasteiger partial charge in [0.05, 0.1) is 10.3 Å². The summed E-state index contributed by atoms with van der Waals surface area (Å²) in [7, 11) is -3.93. The van der Waals surface area contributed by atoms with Crippen LogP contribution in [0.25, 0.3) is 10.8 Å². The van der Waals surface area contributed by atoms with Crippen LogP contribution < -0.4 is 15.6 Å². The Kier molecular flexibility index (Phi) is 5.80. The molecule has 0 unspecified atom stereocenters. The first-order valence-electron chi connectivity index (χ1n) is 8.57. The van der Waals surface area contributed by atoms with Gasteiger partial charge in [-0.3, -0.25) is 4.79 Å². The average molecular weight is 418 g/mol. The monoisotopic (exact) mass is 418 g/mol. The maximum absolute atomic E-state index is 12.3. The third-order valence-electron chi connectivity index (χ3n) is 4.14. The number of aromatic carboxylic acids is 1. The number of carboxylic acids is 1. The first-order chi connectivity index (χ1) is 13.8. The summed E-state index contributed by atoms with van der Waals surface area (Å²) in [6.45, 7) is 0.460. The van der Waals surface area contributed by atoms with Crippen molar-refractivity contribution in [3.05, 3.63) is 58.4 Å². The van der Waals surface area contributed by atoms with Crippen LogP contribution in [-0.2, 0) is 10.0 Å². The zero-order valence-electron chi connectivity index (χ0n) is 15.0. The number of nitrogens with one attached hydrogen (secondary N) is 3. The number of carboxylic acid groups (broad SMARTS) is 1. The minimum Gasteiger partial charge on any atom is -0.507 e. The van der Waals surface area contributed by atoms with Gasteiger partial charge in [-0.2, -0.15) is 5.10 Å². The van der Waals surface area contributed by atoms with Gasteiger partial charge in [-0.1, -0.05) is 18.2 Å². The number of benzene rings is 2. The second-order valence-corrected chi connectivity index (χ2v) is 7.88. The molecule has 0 spiro atoms. The summed E-state index contributed by atoms with van der Waals surface area (Å²) in [4.78, 5) is 22.5. The fourth-order valence-electron chi connectivity index (χ4n) is 2.69. The van der Waals surface area contributed by atoms with Crippen LogP contribution in [0, 0.1) is 0 Å². The van der Waals surface area contributed by atoms with Gasteiger partial charge in [-0.25, -0.2) is 23.0 Å². The van der Waals surface area contributed by atoms with Crippen molar-refractivity contribution in [3.63, 3.8) is 0 Å². The molecule has 1 heterocycles. The summed E-state index contributed by atoms with van der Waals surface area (Å²) in [6.07, 6.45) is 0.401. The summed E-state index contributed by atoms with van der Waals surface area (Å²) in [5.41, 5.74) is -0.792. The van der Waals surface area contributed by atoms with Gasteiger partial charge in [-0.15, -0.1) is 0 Å². The number of H-pyrrole nitrogens is 1. The van der Waals surface area contributed by atoms with Crippen molar-refractivity contribution in [2.45, 2.75) is 11.3 Å². The summed E-state index contributed by atoms with van der Waals surface area (Å²) in [5, 5.41) is 29.0. The van der Waals surface area contributed by atoms with Crippen molar-refractivity contribution in [3.8, 4) is 5.75 Å². The first-order valence-corrected chi connectivity index (χ1v) is 10.0. The number of nitrogens with zero attached hydrogens (tertiary/aromatic N) is 1. The van der Waals surface area contributed by atoms with E-state index in [9.17, 15) is 23.1 Å². The number of phenols is 1. The highest BCUT2D eigenvalue weighted by Crippen LogP contribution is 2.21. The topological polar surface area (TPSA) is 161 Å². The van der Waals surface area contributed by atoms with Gasteiger partial charge in [0.2, 0.25) is 10.0 Å². The van der Waals surface area contributed by atoms with Crippen LogP contribution in [0.2, 0.25) is 0 Å². The number of aromatic hydroxyl groups is 1. The molecule has 1 aromatic heterocycles. The van der Waals surface area contributed by atoms with E-state index in [2.05, 4.69) is 20.2 Å². The smallest absolute Gasteiger partial charge is 0.339 e. The second kappa shape index (κ2) is 8.29. The Morgan fingerprint density at radius 3 is 2.55 bits per heavy atom. The maximum Gasteiger partial charge on any atom is 0.339 e. The number of hydrogen-bond acceptors (Lipinski definition) is 7. The van der Waals surface area contributed by atoms with Crippen molar-refractivity contribution < 1.29 is 23.4 Å². The number of rotatable bonds is 8. The van der Waals surface area contributed by atoms with Gasteiger partial charge in [0.15, 0.2) is 5.82 Å². The highest BCUT2D eigenvalue weighted by molar-refractivity contribution is 7.89. The number of anilines is 1. The van der Waals surface area contributed by atoms with Crippen molar-refractivity contribution >= 4 is 32.6 Å². The SMILES string of the molecule is O=C(O)c1cc(S(=O)(=O)NCCCNc2n[nH]c(=O)c3ccccc23)ccc1O. The first kappa shape index (κ1) is 20.3. The maximum atomic E-state index is 12.3. The van der Waals surface area contributed by atoms with Gasteiger partial charge >= 0.3 is 5.97 Å². The highest BCUT2D eigenvalue weighted by atomic mass is 32.2. The number of aromatic amines is 1. The fourth-order valence-corrected chi connectivity index (χ4v) is 3.79. The van der Waals surface area contributed by atoms with Gasteiger partial charge in [-0.05, 0) is 30.7 Å². The van der Waals surface area contributed by atoms with Crippen molar-refractivity contribution in [1.29, 1.82) is 0 Å². The molecule has 10 nitrogen and oxygen atoms in total. The molecule has 0 fully saturated rings. The van der Waals surface area contributed by atoms with Gasteiger partial charge < -0.3 is 15.5 Å². The van der Waals surface area contributed by atoms with Crippen molar-refractivity contribution in [2.75, 3.05) is 18.4 Å². The number of hydrogen-bond donors (Lipinski definition) is 5. The average Bonchev–Trinajstić information content (AvgIpc) is 2.69. The van der Waals surface area contributed by atoms with Gasteiger partial charge in [0.1, 0.15) is 11.3 Å². The zero-order valence-corrected chi connectivity index (χ0v) is 15.9. The van der Waals surface area contributed by atoms with Crippen LogP contribution in [-0.4, -0.2) is 47.9 Å². The van der Waals surface area contributed by atoms with E-state index >= 15 is 0 Å². The number of carbonyl (C=O) groups is 1. The lowest BCUT2D eigenvalue weighted by Gasteiger charge is -2.10. The summed E-state index contributed by atoms with van der Waals surface area (Å²) < 4.78 is 27.0. The largest absolute Gasteiger partial charge is 0.507 e. The number of fused-ring (bicyclic) bond motifs is 1. The Morgan fingerprint density at radius 2 is 1.83 bits per heavy atom. The van der Waals surface area contributed by atoms with Crippen LogP contribution in [0.1, 0.15) is 16.8 Å². The van der Waals surface area contributed by atoms with Crippen molar-refractivity contribution in [2.24, 2.45) is 0 Å². The molecule has 3 rings (SSSR count). The van der Waals surface area contributed by atoms with Crippen LogP contribution >= 0.6 is 0 Å². The minimum absolute atomic E-state index is 0.0832. The normalized spacial score (nSPS) is 11.4. The highest BCUT2D eigenvalue weighted by Gasteiger charge is 2.18. The zero-order chi connectivity index (χ0) is 21.0. The lowest BCUT2D eigenvalue weighted by atomic mass is 10.2. The Morgan fingerprint density at radius 1 is 1.10 bits per heavy atom. The molecule has 0 radical (unpaired) electrons. The van der Waals surface area contributed by atoms with Gasteiger partial charge in [0, 0.05) is 18.5 Å². The van der Waals surface area contributed by atoms with Crippen LogP contribution in [0.4, 0.5) is 5.82 Å². The van der Waals surface area contributed by atoms with Gasteiger partial charge in [0.25, 0.3) is 5.56 Å². The molecule has 0 saturated heterocycles. The van der Waals surface area contributed by atoms with E-state index in [1.54, 1.807) is 24.3 Å². The van der Waals surface area contributed by atoms with Crippen molar-refractivity contribution in [1.82, 2.24) is 14.9 Å². The van der Waals surface area contributed by atoms with Crippen LogP contribution in [0.5, 0.6) is 5.75 Å². The molecule has 152 valence electrons. The molecule has 2 aromatic carbocycles. The lowest BCUT2D eigenvalue weighted by molar-refractivity contribution is 0.0693. The summed E-state index contributed by atoms with van der Waals surface area (Å²) in [6, 6.07) is 10.0. The molecule has 0 bridgehead atoms. The van der Waals surface area contributed by atoms with E-state index in [0.717, 1.165) is 18.2 Å². The molecule has 0 amide bonds. The molecule has 0 atom stereocenters. The second-order valence-electron chi connectivity index (χ2n) is 6.11. The lowest BCUT2D eigenvalue weighted by Crippen LogP contribution is -2.26. The molecule has 0 aliphatic carbocycles. The Hall–Kier alpha value is -3.44. The van der Waals surface area contributed by atoms with E-state index in [0.29, 0.717) is 29.6 Å². The predicted octanol–water partition coefficient (Wildman–Crippen LogP) is 1.11. The Balaban J connectivity index is 1.60. The predicted molar refractivity (Wildman–Crippen MR) is 106 cm³/mol.